The van der Waals surface area contributed by atoms with Gasteiger partial charge >= 0.3 is 0 Å². The fourth-order valence-corrected chi connectivity index (χ4v) is 2.76. The van der Waals surface area contributed by atoms with Gasteiger partial charge < -0.3 is 4.90 Å². The Morgan fingerprint density at radius 1 is 1.65 bits per heavy atom. The van der Waals surface area contributed by atoms with E-state index in [-0.39, 0.29) is 5.91 Å². The molecule has 0 aliphatic carbocycles. The molecule has 0 bridgehead atoms. The molecule has 1 aliphatic rings. The highest BCUT2D eigenvalue weighted by atomic mass is 32.2. The zero-order valence-electron chi connectivity index (χ0n) is 11.2. The summed E-state index contributed by atoms with van der Waals surface area (Å²) in [5, 5.41) is 0.659. The molecule has 1 heterocycles. The van der Waals surface area contributed by atoms with Crippen molar-refractivity contribution in [2.24, 2.45) is 0 Å². The van der Waals surface area contributed by atoms with Gasteiger partial charge in [-0.15, -0.1) is 11.8 Å². The molecule has 0 aromatic carbocycles. The first-order chi connectivity index (χ1) is 8.04. The number of carbonyl (C=O) groups excluding carboxylic acids is 1. The lowest BCUT2D eigenvalue weighted by molar-refractivity contribution is -0.127. The predicted octanol–water partition coefficient (Wildman–Crippen LogP) is 2.19. The van der Waals surface area contributed by atoms with Crippen LogP contribution < -0.4 is 0 Å². The zero-order valence-corrected chi connectivity index (χ0v) is 12.0. The molecule has 1 amide bonds. The molecule has 0 saturated carbocycles. The number of rotatable bonds is 5. The normalized spacial score (nSPS) is 21.0. The summed E-state index contributed by atoms with van der Waals surface area (Å²) in [7, 11) is 2.15. The molecule has 1 atom stereocenters. The molecule has 1 rings (SSSR count). The van der Waals surface area contributed by atoms with Gasteiger partial charge in [-0.05, 0) is 26.0 Å². The summed E-state index contributed by atoms with van der Waals surface area (Å²) < 4.78 is 0. The number of likely N-dealkylation sites (tertiary alicyclic amines) is 1. The summed E-state index contributed by atoms with van der Waals surface area (Å²) in [6.45, 7) is 9.72. The van der Waals surface area contributed by atoms with Crippen LogP contribution in [0.4, 0.5) is 0 Å². The SMILES string of the molecule is C=CC(=O)N1CCCC(N(C)CSC(C)C)C1. The second-order valence-corrected chi connectivity index (χ2v) is 6.42. The van der Waals surface area contributed by atoms with Crippen molar-refractivity contribution in [3.05, 3.63) is 12.7 Å². The van der Waals surface area contributed by atoms with Crippen LogP contribution in [0.15, 0.2) is 12.7 Å². The van der Waals surface area contributed by atoms with Gasteiger partial charge in [0.2, 0.25) is 5.91 Å². The number of amides is 1. The van der Waals surface area contributed by atoms with Gasteiger partial charge in [-0.25, -0.2) is 0 Å². The van der Waals surface area contributed by atoms with Gasteiger partial charge in [-0.2, -0.15) is 0 Å². The van der Waals surface area contributed by atoms with Crippen LogP contribution in [-0.4, -0.2) is 53.0 Å². The number of thioether (sulfide) groups is 1. The van der Waals surface area contributed by atoms with Gasteiger partial charge in [-0.1, -0.05) is 20.4 Å². The number of hydrogen-bond acceptors (Lipinski definition) is 3. The fraction of sp³-hybridized carbons (Fsp3) is 0.769. The molecular weight excluding hydrogens is 232 g/mol. The third kappa shape index (κ3) is 4.72. The third-order valence-corrected chi connectivity index (χ3v) is 4.34. The zero-order chi connectivity index (χ0) is 12.8. The van der Waals surface area contributed by atoms with Crippen molar-refractivity contribution in [1.29, 1.82) is 0 Å². The lowest BCUT2D eigenvalue weighted by atomic mass is 10.0. The van der Waals surface area contributed by atoms with Crippen LogP contribution in [0.3, 0.4) is 0 Å². The van der Waals surface area contributed by atoms with Crippen molar-refractivity contribution in [3.63, 3.8) is 0 Å². The van der Waals surface area contributed by atoms with E-state index >= 15 is 0 Å². The smallest absolute Gasteiger partial charge is 0.246 e. The van der Waals surface area contributed by atoms with Gasteiger partial charge in [0.15, 0.2) is 0 Å². The molecule has 1 saturated heterocycles. The lowest BCUT2D eigenvalue weighted by Crippen LogP contribution is -2.48. The summed E-state index contributed by atoms with van der Waals surface area (Å²) >= 11 is 1.95. The van der Waals surface area contributed by atoms with E-state index in [1.807, 2.05) is 16.7 Å². The van der Waals surface area contributed by atoms with Crippen LogP contribution in [0, 0.1) is 0 Å². The van der Waals surface area contributed by atoms with Crippen LogP contribution in [-0.2, 0) is 4.79 Å². The molecule has 98 valence electrons. The minimum absolute atomic E-state index is 0.0691. The Balaban J connectivity index is 2.42. The summed E-state index contributed by atoms with van der Waals surface area (Å²) in [6.07, 6.45) is 3.71. The van der Waals surface area contributed by atoms with Gasteiger partial charge in [0, 0.05) is 30.3 Å². The molecule has 0 aromatic rings. The number of likely N-dealkylation sites (N-methyl/N-ethyl adjacent to an activating group) is 1. The molecular formula is C13H24N2OS. The van der Waals surface area contributed by atoms with Crippen molar-refractivity contribution in [2.75, 3.05) is 26.0 Å². The van der Waals surface area contributed by atoms with Crippen molar-refractivity contribution in [3.8, 4) is 0 Å². The van der Waals surface area contributed by atoms with Crippen molar-refractivity contribution in [1.82, 2.24) is 9.80 Å². The highest BCUT2D eigenvalue weighted by Gasteiger charge is 2.24. The van der Waals surface area contributed by atoms with E-state index in [0.29, 0.717) is 11.3 Å². The minimum Gasteiger partial charge on any atom is -0.338 e. The molecule has 3 nitrogen and oxygen atoms in total. The number of piperidine rings is 1. The van der Waals surface area contributed by atoms with Gasteiger partial charge in [0.05, 0.1) is 0 Å². The van der Waals surface area contributed by atoms with Crippen LogP contribution >= 0.6 is 11.8 Å². The van der Waals surface area contributed by atoms with Gasteiger partial charge in [0.1, 0.15) is 0 Å². The van der Waals surface area contributed by atoms with Crippen molar-refractivity contribution >= 4 is 17.7 Å². The molecule has 0 spiro atoms. The molecule has 17 heavy (non-hydrogen) atoms. The summed E-state index contributed by atoms with van der Waals surface area (Å²) in [5.74, 6) is 1.11. The van der Waals surface area contributed by atoms with Gasteiger partial charge in [-0.3, -0.25) is 9.69 Å². The molecule has 1 unspecified atom stereocenters. The highest BCUT2D eigenvalue weighted by Crippen LogP contribution is 2.18. The van der Waals surface area contributed by atoms with E-state index in [1.54, 1.807) is 0 Å². The first-order valence-corrected chi connectivity index (χ1v) is 7.32. The summed E-state index contributed by atoms with van der Waals surface area (Å²) in [5.41, 5.74) is 0. The quantitative estimate of drug-likeness (QED) is 0.556. The Labute approximate surface area is 109 Å². The maximum absolute atomic E-state index is 11.6. The van der Waals surface area contributed by atoms with Crippen molar-refractivity contribution in [2.45, 2.75) is 38.0 Å². The molecule has 0 aromatic heterocycles. The molecule has 0 radical (unpaired) electrons. The maximum atomic E-state index is 11.6. The fourth-order valence-electron chi connectivity index (χ4n) is 2.02. The topological polar surface area (TPSA) is 23.6 Å². The summed E-state index contributed by atoms with van der Waals surface area (Å²) in [4.78, 5) is 15.9. The Morgan fingerprint density at radius 3 is 2.94 bits per heavy atom. The lowest BCUT2D eigenvalue weighted by Gasteiger charge is -2.37. The van der Waals surface area contributed by atoms with E-state index in [9.17, 15) is 4.79 Å². The van der Waals surface area contributed by atoms with E-state index in [1.165, 1.54) is 12.5 Å². The van der Waals surface area contributed by atoms with Crippen LogP contribution in [0.2, 0.25) is 0 Å². The van der Waals surface area contributed by atoms with Gasteiger partial charge in [0.25, 0.3) is 0 Å². The standard InChI is InChI=1S/C13H24N2OS/c1-5-13(16)15-8-6-7-12(9-15)14(4)10-17-11(2)3/h5,11-12H,1,6-10H2,2-4H3. The van der Waals surface area contributed by atoms with E-state index in [2.05, 4.69) is 32.4 Å². The largest absolute Gasteiger partial charge is 0.338 e. The first-order valence-electron chi connectivity index (χ1n) is 6.27. The monoisotopic (exact) mass is 256 g/mol. The second-order valence-electron chi connectivity index (χ2n) is 4.89. The van der Waals surface area contributed by atoms with Crippen molar-refractivity contribution < 1.29 is 4.79 Å². The summed E-state index contributed by atoms with van der Waals surface area (Å²) in [6, 6.07) is 0.499. The molecule has 1 fully saturated rings. The minimum atomic E-state index is 0.0691. The molecule has 0 N–H and O–H groups in total. The Bertz CT molecular complexity index is 268. The van der Waals surface area contributed by atoms with Crippen LogP contribution in [0.25, 0.3) is 0 Å². The highest BCUT2D eigenvalue weighted by molar-refractivity contribution is 7.99. The predicted molar refractivity (Wildman–Crippen MR) is 75.2 cm³/mol. The number of nitrogens with zero attached hydrogens (tertiary/aromatic N) is 2. The Morgan fingerprint density at radius 2 is 2.35 bits per heavy atom. The first kappa shape index (κ1) is 14.6. The average molecular weight is 256 g/mol. The second kappa shape index (κ2) is 7.07. The third-order valence-electron chi connectivity index (χ3n) is 3.12. The number of carbonyl (C=O) groups is 1. The Kier molecular flexibility index (Phi) is 6.06. The molecule has 1 aliphatic heterocycles. The van der Waals surface area contributed by atoms with E-state index in [4.69, 9.17) is 0 Å². The maximum Gasteiger partial charge on any atom is 0.246 e. The van der Waals surface area contributed by atoms with E-state index in [0.717, 1.165) is 25.4 Å². The average Bonchev–Trinajstić information content (AvgIpc) is 2.35. The van der Waals surface area contributed by atoms with Crippen LogP contribution in [0.1, 0.15) is 26.7 Å². The Hall–Kier alpha value is -0.480. The number of hydrogen-bond donors (Lipinski definition) is 0. The van der Waals surface area contributed by atoms with E-state index < -0.39 is 0 Å². The van der Waals surface area contributed by atoms with Crippen LogP contribution in [0.5, 0.6) is 0 Å². The molecule has 4 heteroatoms.